The van der Waals surface area contributed by atoms with Crippen molar-refractivity contribution in [1.29, 1.82) is 0 Å². The minimum absolute atomic E-state index is 0.280. The second kappa shape index (κ2) is 7.93. The third-order valence-electron chi connectivity index (χ3n) is 3.62. The van der Waals surface area contributed by atoms with E-state index in [1.807, 2.05) is 0 Å². The molecule has 114 valence electrons. The van der Waals surface area contributed by atoms with Crippen molar-refractivity contribution in [3.8, 4) is 0 Å². The Balaban J connectivity index is 2.20. The average Bonchev–Trinajstić information content (AvgIpc) is 2.94. The van der Waals surface area contributed by atoms with Gasteiger partial charge in [-0.15, -0.1) is 0 Å². The lowest BCUT2D eigenvalue weighted by atomic mass is 10.1. The van der Waals surface area contributed by atoms with Gasteiger partial charge in [0.25, 0.3) is 0 Å². The Kier molecular flexibility index (Phi) is 5.93. The predicted molar refractivity (Wildman–Crippen MR) is 86.3 cm³/mol. The van der Waals surface area contributed by atoms with Gasteiger partial charge in [0.2, 0.25) is 0 Å². The van der Waals surface area contributed by atoms with Gasteiger partial charge in [0.15, 0.2) is 5.82 Å². The highest BCUT2D eigenvalue weighted by molar-refractivity contribution is 5.19. The van der Waals surface area contributed by atoms with Crippen LogP contribution in [0.1, 0.15) is 50.4 Å². The predicted octanol–water partition coefficient (Wildman–Crippen LogP) is 3.14. The summed E-state index contributed by atoms with van der Waals surface area (Å²) >= 11 is 0. The Bertz CT molecular complexity index is 533. The highest BCUT2D eigenvalue weighted by atomic mass is 15.4. The van der Waals surface area contributed by atoms with Gasteiger partial charge in [0.1, 0.15) is 5.82 Å². The number of nitrogens with one attached hydrogen (secondary N) is 1. The second-order valence-electron chi connectivity index (χ2n) is 5.25. The molecule has 1 N–H and O–H groups in total. The minimum Gasteiger partial charge on any atom is -0.308 e. The van der Waals surface area contributed by atoms with E-state index in [4.69, 9.17) is 0 Å². The van der Waals surface area contributed by atoms with E-state index in [9.17, 15) is 0 Å². The average molecular weight is 286 g/mol. The maximum absolute atomic E-state index is 4.64. The molecule has 0 saturated heterocycles. The monoisotopic (exact) mass is 286 g/mol. The lowest BCUT2D eigenvalue weighted by molar-refractivity contribution is 0.428. The van der Waals surface area contributed by atoms with Crippen LogP contribution in [-0.4, -0.2) is 21.3 Å². The maximum atomic E-state index is 4.64. The lowest BCUT2D eigenvalue weighted by Crippen LogP contribution is -2.27. The first-order chi connectivity index (χ1) is 10.3. The topological polar surface area (TPSA) is 42.7 Å². The molecule has 2 aromatic rings. The van der Waals surface area contributed by atoms with Gasteiger partial charge >= 0.3 is 0 Å². The van der Waals surface area contributed by atoms with Crippen molar-refractivity contribution in [2.75, 3.05) is 6.54 Å². The van der Waals surface area contributed by atoms with E-state index in [-0.39, 0.29) is 6.04 Å². The molecular weight excluding hydrogens is 260 g/mol. The SMILES string of the molecule is CCCNC(Cn1nc(CC)nc1CC)c1ccccc1. The van der Waals surface area contributed by atoms with Crippen molar-refractivity contribution in [2.45, 2.75) is 52.6 Å². The Morgan fingerprint density at radius 1 is 1.10 bits per heavy atom. The van der Waals surface area contributed by atoms with Crippen LogP contribution in [0.5, 0.6) is 0 Å². The number of rotatable bonds is 8. The van der Waals surface area contributed by atoms with E-state index < -0.39 is 0 Å². The van der Waals surface area contributed by atoms with Gasteiger partial charge in [-0.05, 0) is 18.5 Å². The molecule has 0 amide bonds. The van der Waals surface area contributed by atoms with E-state index in [2.05, 4.69) is 71.2 Å². The molecule has 4 heteroatoms. The van der Waals surface area contributed by atoms with Crippen molar-refractivity contribution >= 4 is 0 Å². The molecule has 1 atom stereocenters. The first kappa shape index (κ1) is 15.7. The Morgan fingerprint density at radius 3 is 2.48 bits per heavy atom. The van der Waals surface area contributed by atoms with Crippen LogP contribution >= 0.6 is 0 Å². The molecule has 2 rings (SSSR count). The van der Waals surface area contributed by atoms with Crippen molar-refractivity contribution in [1.82, 2.24) is 20.1 Å². The molecule has 0 aliphatic carbocycles. The van der Waals surface area contributed by atoms with Gasteiger partial charge in [-0.2, -0.15) is 5.10 Å². The molecule has 1 aromatic heterocycles. The number of hydrogen-bond donors (Lipinski definition) is 1. The number of hydrogen-bond acceptors (Lipinski definition) is 3. The fraction of sp³-hybridized carbons (Fsp3) is 0.529. The standard InChI is InChI=1S/C17H26N4/c1-4-12-18-15(14-10-8-7-9-11-14)13-21-17(6-3)19-16(5-2)20-21/h7-11,15,18H,4-6,12-13H2,1-3H3. The molecule has 1 heterocycles. The molecule has 0 aliphatic rings. The first-order valence-corrected chi connectivity index (χ1v) is 7.99. The summed E-state index contributed by atoms with van der Waals surface area (Å²) in [5.74, 6) is 2.01. The molecule has 0 saturated carbocycles. The van der Waals surface area contributed by atoms with Crippen LogP contribution in [0.15, 0.2) is 30.3 Å². The first-order valence-electron chi connectivity index (χ1n) is 7.99. The summed E-state index contributed by atoms with van der Waals surface area (Å²) in [5, 5.41) is 8.26. The lowest BCUT2D eigenvalue weighted by Gasteiger charge is -2.19. The summed E-state index contributed by atoms with van der Waals surface area (Å²) in [7, 11) is 0. The minimum atomic E-state index is 0.280. The van der Waals surface area contributed by atoms with E-state index in [0.717, 1.165) is 44.0 Å². The summed E-state index contributed by atoms with van der Waals surface area (Å²) in [4.78, 5) is 4.60. The highest BCUT2D eigenvalue weighted by Crippen LogP contribution is 2.16. The fourth-order valence-electron chi connectivity index (χ4n) is 2.45. The van der Waals surface area contributed by atoms with E-state index in [0.29, 0.717) is 0 Å². The zero-order valence-corrected chi connectivity index (χ0v) is 13.3. The van der Waals surface area contributed by atoms with Gasteiger partial charge in [0, 0.05) is 12.8 Å². The van der Waals surface area contributed by atoms with Crippen LogP contribution < -0.4 is 5.32 Å². The molecule has 0 spiro atoms. The third kappa shape index (κ3) is 4.14. The van der Waals surface area contributed by atoms with Crippen LogP contribution in [0.3, 0.4) is 0 Å². The van der Waals surface area contributed by atoms with Gasteiger partial charge < -0.3 is 5.32 Å². The summed E-state index contributed by atoms with van der Waals surface area (Å²) < 4.78 is 2.07. The molecule has 1 unspecified atom stereocenters. The summed E-state index contributed by atoms with van der Waals surface area (Å²) in [6.07, 6.45) is 2.93. The van der Waals surface area contributed by atoms with Crippen LogP contribution in [0.4, 0.5) is 0 Å². The molecule has 0 bridgehead atoms. The molecule has 21 heavy (non-hydrogen) atoms. The molecular formula is C17H26N4. The normalized spacial score (nSPS) is 12.5. The summed E-state index contributed by atoms with van der Waals surface area (Å²) in [6.45, 7) is 8.27. The van der Waals surface area contributed by atoms with Crippen molar-refractivity contribution < 1.29 is 0 Å². The number of benzene rings is 1. The van der Waals surface area contributed by atoms with Crippen molar-refractivity contribution in [3.05, 3.63) is 47.5 Å². The van der Waals surface area contributed by atoms with Gasteiger partial charge in [-0.3, -0.25) is 0 Å². The molecule has 0 fully saturated rings. The number of aryl methyl sites for hydroxylation is 2. The molecule has 0 aliphatic heterocycles. The zero-order chi connectivity index (χ0) is 15.1. The summed E-state index contributed by atoms with van der Waals surface area (Å²) in [5.41, 5.74) is 1.31. The Labute approximate surface area is 127 Å². The smallest absolute Gasteiger partial charge is 0.150 e. The van der Waals surface area contributed by atoms with Crippen molar-refractivity contribution in [3.63, 3.8) is 0 Å². The van der Waals surface area contributed by atoms with E-state index in [1.165, 1.54) is 5.56 Å². The van der Waals surface area contributed by atoms with Crippen LogP contribution in [0.2, 0.25) is 0 Å². The quantitative estimate of drug-likeness (QED) is 0.810. The molecule has 1 aromatic carbocycles. The van der Waals surface area contributed by atoms with Gasteiger partial charge in [-0.25, -0.2) is 9.67 Å². The van der Waals surface area contributed by atoms with E-state index in [1.54, 1.807) is 0 Å². The number of nitrogens with zero attached hydrogens (tertiary/aromatic N) is 3. The maximum Gasteiger partial charge on any atom is 0.150 e. The van der Waals surface area contributed by atoms with Crippen LogP contribution in [0.25, 0.3) is 0 Å². The second-order valence-corrected chi connectivity index (χ2v) is 5.25. The molecule has 4 nitrogen and oxygen atoms in total. The van der Waals surface area contributed by atoms with Crippen LogP contribution in [0, 0.1) is 0 Å². The number of aromatic nitrogens is 3. The van der Waals surface area contributed by atoms with E-state index >= 15 is 0 Å². The van der Waals surface area contributed by atoms with Gasteiger partial charge in [0.05, 0.1) is 12.6 Å². The van der Waals surface area contributed by atoms with Gasteiger partial charge in [-0.1, -0.05) is 51.1 Å². The fourth-order valence-corrected chi connectivity index (χ4v) is 2.45. The highest BCUT2D eigenvalue weighted by Gasteiger charge is 2.15. The Hall–Kier alpha value is -1.68. The Morgan fingerprint density at radius 2 is 1.86 bits per heavy atom. The molecule has 0 radical (unpaired) electrons. The third-order valence-corrected chi connectivity index (χ3v) is 3.62. The zero-order valence-electron chi connectivity index (χ0n) is 13.3. The summed E-state index contributed by atoms with van der Waals surface area (Å²) in [6, 6.07) is 10.9. The van der Waals surface area contributed by atoms with Crippen molar-refractivity contribution in [2.24, 2.45) is 0 Å². The largest absolute Gasteiger partial charge is 0.308 e. The van der Waals surface area contributed by atoms with Crippen LogP contribution in [-0.2, 0) is 19.4 Å².